The van der Waals surface area contributed by atoms with Crippen molar-refractivity contribution in [1.29, 1.82) is 0 Å². The first-order valence-corrected chi connectivity index (χ1v) is 8.01. The van der Waals surface area contributed by atoms with Crippen molar-refractivity contribution in [3.8, 4) is 0 Å². The van der Waals surface area contributed by atoms with Crippen molar-refractivity contribution in [2.75, 3.05) is 13.6 Å². The minimum Gasteiger partial charge on any atom is -0.359 e. The molecule has 3 rings (SSSR count). The molecule has 1 aliphatic rings. The van der Waals surface area contributed by atoms with E-state index in [9.17, 15) is 10.0 Å². The molecule has 1 saturated heterocycles. The maximum absolute atomic E-state index is 12.6. The molecule has 1 aromatic heterocycles. The van der Waals surface area contributed by atoms with Gasteiger partial charge in [-0.05, 0) is 28.9 Å². The topological polar surface area (TPSA) is 97.3 Å². The van der Waals surface area contributed by atoms with Crippen LogP contribution in [0.4, 0.5) is 0 Å². The molecule has 2 aromatic rings. The van der Waals surface area contributed by atoms with Crippen molar-refractivity contribution in [1.82, 2.24) is 20.9 Å². The molecule has 0 saturated carbocycles. The molecule has 1 aliphatic heterocycles. The Labute approximate surface area is 140 Å². The quantitative estimate of drug-likeness (QED) is 0.807. The van der Waals surface area contributed by atoms with E-state index in [1.54, 1.807) is 30.1 Å². The first-order chi connectivity index (χ1) is 11.3. The molecule has 0 bridgehead atoms. The third-order valence-corrected chi connectivity index (χ3v) is 4.50. The summed E-state index contributed by atoms with van der Waals surface area (Å²) >= 11 is 0. The standard InChI is InChI=1S/C16H23N5O3/c1-16(2,3)14-8-11(17-18-14)9-20(4)15(22)10-5-6-13-12(7-10)19-24-21(13)23/h5-7,11,14,17-18H,8-9H2,1-4H3. The molecule has 1 amide bonds. The van der Waals surface area contributed by atoms with Gasteiger partial charge in [-0.2, -0.15) is 0 Å². The Morgan fingerprint density at radius 2 is 2.21 bits per heavy atom. The normalized spacial score (nSPS) is 21.3. The van der Waals surface area contributed by atoms with E-state index < -0.39 is 0 Å². The molecule has 1 fully saturated rings. The monoisotopic (exact) mass is 333 g/mol. The number of hydrogen-bond acceptors (Lipinski definition) is 6. The van der Waals surface area contributed by atoms with Crippen LogP contribution in [-0.4, -0.2) is 41.6 Å². The number of carbonyl (C=O) groups is 1. The third kappa shape index (κ3) is 3.20. The summed E-state index contributed by atoms with van der Waals surface area (Å²) in [6.07, 6.45) is 0.958. The molecule has 2 unspecified atom stereocenters. The van der Waals surface area contributed by atoms with Gasteiger partial charge in [0, 0.05) is 42.5 Å². The van der Waals surface area contributed by atoms with E-state index in [2.05, 4.69) is 41.4 Å². The fourth-order valence-corrected chi connectivity index (χ4v) is 2.95. The molecule has 24 heavy (non-hydrogen) atoms. The van der Waals surface area contributed by atoms with Gasteiger partial charge in [-0.15, -0.1) is 0 Å². The lowest BCUT2D eigenvalue weighted by Crippen LogP contribution is -2.42. The van der Waals surface area contributed by atoms with Gasteiger partial charge in [-0.3, -0.25) is 20.3 Å². The minimum atomic E-state index is -0.113. The predicted molar refractivity (Wildman–Crippen MR) is 87.8 cm³/mol. The Kier molecular flexibility index (Phi) is 4.18. The van der Waals surface area contributed by atoms with Crippen LogP contribution in [0.2, 0.25) is 0 Å². The van der Waals surface area contributed by atoms with Crippen LogP contribution in [0.1, 0.15) is 37.6 Å². The second-order valence-electron chi connectivity index (χ2n) is 7.46. The average Bonchev–Trinajstić information content (AvgIpc) is 3.13. The zero-order valence-electron chi connectivity index (χ0n) is 14.4. The van der Waals surface area contributed by atoms with E-state index in [-0.39, 0.29) is 17.4 Å². The highest BCUT2D eigenvalue weighted by molar-refractivity contribution is 5.96. The zero-order valence-corrected chi connectivity index (χ0v) is 14.4. The summed E-state index contributed by atoms with van der Waals surface area (Å²) in [5.41, 5.74) is 7.91. The Hall–Kier alpha value is -2.19. The van der Waals surface area contributed by atoms with Crippen molar-refractivity contribution in [3.63, 3.8) is 0 Å². The summed E-state index contributed by atoms with van der Waals surface area (Å²) in [5, 5.41) is 15.0. The average molecular weight is 333 g/mol. The van der Waals surface area contributed by atoms with Crippen LogP contribution in [0.5, 0.6) is 0 Å². The number of fused-ring (bicyclic) bond motifs is 1. The number of amides is 1. The van der Waals surface area contributed by atoms with Gasteiger partial charge < -0.3 is 10.1 Å². The van der Waals surface area contributed by atoms with E-state index >= 15 is 0 Å². The first kappa shape index (κ1) is 16.7. The Morgan fingerprint density at radius 3 is 2.88 bits per heavy atom. The van der Waals surface area contributed by atoms with Crippen molar-refractivity contribution in [2.45, 2.75) is 39.3 Å². The van der Waals surface area contributed by atoms with Gasteiger partial charge in [-0.1, -0.05) is 20.8 Å². The van der Waals surface area contributed by atoms with Crippen LogP contribution in [0.3, 0.4) is 0 Å². The highest BCUT2D eigenvalue weighted by Gasteiger charge is 2.33. The van der Waals surface area contributed by atoms with Crippen molar-refractivity contribution in [3.05, 3.63) is 29.0 Å². The maximum Gasteiger partial charge on any atom is 0.253 e. The van der Waals surface area contributed by atoms with Gasteiger partial charge in [-0.25, -0.2) is 0 Å². The largest absolute Gasteiger partial charge is 0.359 e. The van der Waals surface area contributed by atoms with E-state index in [1.165, 1.54) is 0 Å². The first-order valence-electron chi connectivity index (χ1n) is 8.01. The number of likely N-dealkylation sites (N-methyl/N-ethyl adjacent to an activating group) is 1. The number of carbonyl (C=O) groups excluding carboxylic acids is 1. The van der Waals surface area contributed by atoms with Gasteiger partial charge in [0.1, 0.15) is 0 Å². The fraction of sp³-hybridized carbons (Fsp3) is 0.562. The lowest BCUT2D eigenvalue weighted by Gasteiger charge is -2.26. The van der Waals surface area contributed by atoms with Crippen LogP contribution in [0.15, 0.2) is 22.8 Å². The molecule has 0 radical (unpaired) electrons. The molecule has 2 heterocycles. The zero-order chi connectivity index (χ0) is 17.5. The Balaban J connectivity index is 1.66. The molecule has 0 spiro atoms. The summed E-state index contributed by atoms with van der Waals surface area (Å²) in [5.74, 6) is -0.113. The predicted octanol–water partition coefficient (Wildman–Crippen LogP) is 0.814. The summed E-state index contributed by atoms with van der Waals surface area (Å²) < 4.78 is 4.53. The molecule has 0 aliphatic carbocycles. The van der Waals surface area contributed by atoms with Crippen LogP contribution >= 0.6 is 0 Å². The highest BCUT2D eigenvalue weighted by atomic mass is 16.8. The lowest BCUT2D eigenvalue weighted by atomic mass is 9.84. The SMILES string of the molecule is CN(CC1CC(C(C)(C)C)NN1)C(=O)c1ccc2c(c1)no[n+]2[O-]. The molecule has 130 valence electrons. The second-order valence-corrected chi connectivity index (χ2v) is 7.46. The van der Waals surface area contributed by atoms with Crippen LogP contribution in [0, 0.1) is 10.6 Å². The number of benzene rings is 1. The van der Waals surface area contributed by atoms with Gasteiger partial charge in [0.25, 0.3) is 5.91 Å². The summed E-state index contributed by atoms with van der Waals surface area (Å²) in [6, 6.07) is 5.30. The molecule has 1 aromatic carbocycles. The van der Waals surface area contributed by atoms with E-state index in [4.69, 9.17) is 0 Å². The highest BCUT2D eigenvalue weighted by Crippen LogP contribution is 2.25. The molecular weight excluding hydrogens is 310 g/mol. The molecule has 2 N–H and O–H groups in total. The molecular formula is C16H23N5O3. The van der Waals surface area contributed by atoms with Gasteiger partial charge in [0.15, 0.2) is 0 Å². The maximum atomic E-state index is 12.6. The number of hydrazine groups is 1. The van der Waals surface area contributed by atoms with Crippen molar-refractivity contribution >= 4 is 16.9 Å². The fourth-order valence-electron chi connectivity index (χ4n) is 2.95. The van der Waals surface area contributed by atoms with Crippen LogP contribution < -0.4 is 15.8 Å². The summed E-state index contributed by atoms with van der Waals surface area (Å²) in [6.45, 7) is 7.17. The van der Waals surface area contributed by atoms with Crippen molar-refractivity contribution < 1.29 is 14.3 Å². The molecule has 8 nitrogen and oxygen atoms in total. The van der Waals surface area contributed by atoms with Gasteiger partial charge in [0.05, 0.1) is 0 Å². The van der Waals surface area contributed by atoms with Crippen molar-refractivity contribution in [2.24, 2.45) is 5.41 Å². The molecule has 8 heteroatoms. The summed E-state index contributed by atoms with van der Waals surface area (Å²) in [7, 11) is 1.77. The van der Waals surface area contributed by atoms with E-state index in [0.717, 1.165) is 6.42 Å². The number of hydrogen-bond donors (Lipinski definition) is 2. The molecule has 2 atom stereocenters. The second kappa shape index (κ2) is 6.03. The smallest absolute Gasteiger partial charge is 0.253 e. The number of nitrogens with zero attached hydrogens (tertiary/aromatic N) is 3. The van der Waals surface area contributed by atoms with E-state index in [1.807, 2.05) is 0 Å². The number of rotatable bonds is 3. The summed E-state index contributed by atoms with van der Waals surface area (Å²) in [4.78, 5) is 14.6. The number of nitrogens with one attached hydrogen (secondary N) is 2. The van der Waals surface area contributed by atoms with Crippen LogP contribution in [0.25, 0.3) is 11.0 Å². The lowest BCUT2D eigenvalue weighted by molar-refractivity contribution is -0.782. The minimum absolute atomic E-state index is 0.113. The van der Waals surface area contributed by atoms with Gasteiger partial charge >= 0.3 is 0 Å². The Bertz CT molecular complexity index is 752. The Morgan fingerprint density at radius 1 is 1.46 bits per heavy atom. The van der Waals surface area contributed by atoms with Crippen LogP contribution in [-0.2, 0) is 0 Å². The van der Waals surface area contributed by atoms with E-state index in [0.29, 0.717) is 34.1 Å². The third-order valence-electron chi connectivity index (χ3n) is 4.50. The number of aromatic nitrogens is 2. The van der Waals surface area contributed by atoms with Gasteiger partial charge in [0.2, 0.25) is 11.0 Å².